The van der Waals surface area contributed by atoms with Crippen molar-refractivity contribution < 1.29 is 4.74 Å². The summed E-state index contributed by atoms with van der Waals surface area (Å²) in [6.07, 6.45) is 0. The van der Waals surface area contributed by atoms with E-state index in [9.17, 15) is 0 Å². The number of hydrogen-bond acceptors (Lipinski definition) is 3. The molecule has 1 rings (SSSR count). The van der Waals surface area contributed by atoms with E-state index < -0.39 is 0 Å². The van der Waals surface area contributed by atoms with Crippen molar-refractivity contribution >= 4 is 11.4 Å². The van der Waals surface area contributed by atoms with Gasteiger partial charge in [0.2, 0.25) is 0 Å². The fourth-order valence-corrected chi connectivity index (χ4v) is 0.909. The molecule has 0 heterocycles. The Labute approximate surface area is 66.0 Å². The van der Waals surface area contributed by atoms with Crippen LogP contribution >= 0.6 is 0 Å². The fraction of sp³-hybridized carbons (Fsp3) is 0.250. The number of nitrogen functional groups attached to an aromatic ring is 2. The Morgan fingerprint density at radius 2 is 1.91 bits per heavy atom. The number of anilines is 2. The maximum atomic E-state index is 5.62. The number of methoxy groups -OCH3 is 1. The average Bonchev–Trinajstić information content (AvgIpc) is 1.99. The van der Waals surface area contributed by atoms with Crippen LogP contribution in [-0.4, -0.2) is 7.11 Å². The van der Waals surface area contributed by atoms with Crippen molar-refractivity contribution in [2.24, 2.45) is 0 Å². The van der Waals surface area contributed by atoms with Crippen LogP contribution in [0.15, 0.2) is 12.1 Å². The number of benzene rings is 1. The van der Waals surface area contributed by atoms with E-state index in [-0.39, 0.29) is 0 Å². The van der Waals surface area contributed by atoms with Crippen LogP contribution in [0.2, 0.25) is 0 Å². The first-order valence-corrected chi connectivity index (χ1v) is 3.34. The third kappa shape index (κ3) is 1.37. The Morgan fingerprint density at radius 3 is 2.36 bits per heavy atom. The van der Waals surface area contributed by atoms with Crippen LogP contribution in [0.1, 0.15) is 5.56 Å². The standard InChI is InChI=1S/C8H12N2O/c1-5-3-6(11-2)4-7(9)8(5)10/h3-4H,9-10H2,1-2H3. The summed E-state index contributed by atoms with van der Waals surface area (Å²) < 4.78 is 5.00. The van der Waals surface area contributed by atoms with Gasteiger partial charge in [-0.3, -0.25) is 0 Å². The van der Waals surface area contributed by atoms with Crippen molar-refractivity contribution in [1.82, 2.24) is 0 Å². The molecule has 0 saturated carbocycles. The Balaban J connectivity index is 3.21. The molecule has 0 amide bonds. The second-order valence-electron chi connectivity index (χ2n) is 2.45. The van der Waals surface area contributed by atoms with E-state index in [1.165, 1.54) is 0 Å². The van der Waals surface area contributed by atoms with Gasteiger partial charge in [0, 0.05) is 6.07 Å². The van der Waals surface area contributed by atoms with Crippen molar-refractivity contribution in [1.29, 1.82) is 0 Å². The molecule has 0 unspecified atom stereocenters. The molecule has 11 heavy (non-hydrogen) atoms. The Hall–Kier alpha value is -1.38. The summed E-state index contributed by atoms with van der Waals surface area (Å²) in [6.45, 7) is 1.90. The molecule has 1 aromatic rings. The van der Waals surface area contributed by atoms with E-state index in [0.29, 0.717) is 11.4 Å². The van der Waals surface area contributed by atoms with Crippen molar-refractivity contribution in [3.63, 3.8) is 0 Å². The summed E-state index contributed by atoms with van der Waals surface area (Å²) in [7, 11) is 1.60. The molecule has 1 aromatic carbocycles. The highest BCUT2D eigenvalue weighted by atomic mass is 16.5. The molecule has 0 aliphatic heterocycles. The lowest BCUT2D eigenvalue weighted by Crippen LogP contribution is -1.98. The Morgan fingerprint density at radius 1 is 1.27 bits per heavy atom. The molecule has 0 fully saturated rings. The molecule has 0 aromatic heterocycles. The van der Waals surface area contributed by atoms with Gasteiger partial charge in [-0.2, -0.15) is 0 Å². The minimum Gasteiger partial charge on any atom is -0.497 e. The second-order valence-corrected chi connectivity index (χ2v) is 2.45. The lowest BCUT2D eigenvalue weighted by atomic mass is 10.1. The van der Waals surface area contributed by atoms with Gasteiger partial charge in [0.15, 0.2) is 0 Å². The predicted molar refractivity (Wildman–Crippen MR) is 46.6 cm³/mol. The van der Waals surface area contributed by atoms with Gasteiger partial charge in [-0.1, -0.05) is 0 Å². The molecule has 0 aliphatic carbocycles. The van der Waals surface area contributed by atoms with Gasteiger partial charge in [-0.15, -0.1) is 0 Å². The largest absolute Gasteiger partial charge is 0.497 e. The molecular formula is C8H12N2O. The van der Waals surface area contributed by atoms with E-state index in [0.717, 1.165) is 11.3 Å². The number of aryl methyl sites for hydroxylation is 1. The first-order chi connectivity index (χ1) is 5.15. The minimum atomic E-state index is 0.571. The molecule has 3 heteroatoms. The van der Waals surface area contributed by atoms with Gasteiger partial charge >= 0.3 is 0 Å². The molecule has 0 radical (unpaired) electrons. The number of nitrogens with two attached hydrogens (primary N) is 2. The molecule has 0 spiro atoms. The molecule has 0 saturated heterocycles. The monoisotopic (exact) mass is 152 g/mol. The molecular weight excluding hydrogens is 140 g/mol. The van der Waals surface area contributed by atoms with Crippen LogP contribution in [0.3, 0.4) is 0 Å². The maximum Gasteiger partial charge on any atom is 0.121 e. The summed E-state index contributed by atoms with van der Waals surface area (Å²) in [5, 5.41) is 0. The summed E-state index contributed by atoms with van der Waals surface area (Å²) in [5.41, 5.74) is 13.4. The van der Waals surface area contributed by atoms with Gasteiger partial charge in [0.25, 0.3) is 0 Å². The smallest absolute Gasteiger partial charge is 0.121 e. The number of ether oxygens (including phenoxy) is 1. The van der Waals surface area contributed by atoms with Gasteiger partial charge < -0.3 is 16.2 Å². The van der Waals surface area contributed by atoms with Crippen molar-refractivity contribution in [3.8, 4) is 5.75 Å². The highest BCUT2D eigenvalue weighted by Gasteiger charge is 2.00. The normalized spacial score (nSPS) is 9.64. The van der Waals surface area contributed by atoms with Gasteiger partial charge in [0.1, 0.15) is 5.75 Å². The molecule has 3 nitrogen and oxygen atoms in total. The zero-order valence-corrected chi connectivity index (χ0v) is 6.72. The van der Waals surface area contributed by atoms with Crippen LogP contribution < -0.4 is 16.2 Å². The van der Waals surface area contributed by atoms with Crippen LogP contribution in [0, 0.1) is 6.92 Å². The highest BCUT2D eigenvalue weighted by Crippen LogP contribution is 2.25. The third-order valence-corrected chi connectivity index (χ3v) is 1.63. The average molecular weight is 152 g/mol. The summed E-state index contributed by atoms with van der Waals surface area (Å²) in [4.78, 5) is 0. The minimum absolute atomic E-state index is 0.571. The van der Waals surface area contributed by atoms with Gasteiger partial charge in [-0.25, -0.2) is 0 Å². The first kappa shape index (κ1) is 7.72. The zero-order valence-electron chi connectivity index (χ0n) is 6.72. The van der Waals surface area contributed by atoms with Crippen LogP contribution in [0.25, 0.3) is 0 Å². The number of hydrogen-bond donors (Lipinski definition) is 2. The van der Waals surface area contributed by atoms with Gasteiger partial charge in [0.05, 0.1) is 18.5 Å². The summed E-state index contributed by atoms with van der Waals surface area (Å²) >= 11 is 0. The first-order valence-electron chi connectivity index (χ1n) is 3.34. The Bertz CT molecular complexity index is 248. The van der Waals surface area contributed by atoms with Crippen molar-refractivity contribution in [3.05, 3.63) is 17.7 Å². The fourth-order valence-electron chi connectivity index (χ4n) is 0.909. The molecule has 4 N–H and O–H groups in total. The van der Waals surface area contributed by atoms with E-state index >= 15 is 0 Å². The predicted octanol–water partition coefficient (Wildman–Crippen LogP) is 1.17. The topological polar surface area (TPSA) is 61.3 Å². The summed E-state index contributed by atoms with van der Waals surface area (Å²) in [6, 6.07) is 3.56. The Kier molecular flexibility index (Phi) is 1.89. The lowest BCUT2D eigenvalue weighted by Gasteiger charge is -2.06. The van der Waals surface area contributed by atoms with Crippen molar-refractivity contribution in [2.75, 3.05) is 18.6 Å². The SMILES string of the molecule is COc1cc(C)c(N)c(N)c1. The lowest BCUT2D eigenvalue weighted by molar-refractivity contribution is 0.415. The molecule has 60 valence electrons. The molecule has 0 aliphatic rings. The third-order valence-electron chi connectivity index (χ3n) is 1.63. The molecule has 0 bridgehead atoms. The molecule has 0 atom stereocenters. The van der Waals surface area contributed by atoms with Crippen LogP contribution in [0.5, 0.6) is 5.75 Å². The van der Waals surface area contributed by atoms with E-state index in [2.05, 4.69) is 0 Å². The van der Waals surface area contributed by atoms with E-state index in [1.54, 1.807) is 13.2 Å². The van der Waals surface area contributed by atoms with E-state index in [4.69, 9.17) is 16.2 Å². The maximum absolute atomic E-state index is 5.62. The van der Waals surface area contributed by atoms with Gasteiger partial charge in [-0.05, 0) is 18.6 Å². The number of rotatable bonds is 1. The van der Waals surface area contributed by atoms with E-state index in [1.807, 2.05) is 13.0 Å². The summed E-state index contributed by atoms with van der Waals surface area (Å²) in [5.74, 6) is 0.745. The quantitative estimate of drug-likeness (QED) is 0.594. The second kappa shape index (κ2) is 2.70. The highest BCUT2D eigenvalue weighted by molar-refractivity contribution is 5.69. The van der Waals surface area contributed by atoms with Crippen molar-refractivity contribution in [2.45, 2.75) is 6.92 Å². The zero-order chi connectivity index (χ0) is 8.43. The van der Waals surface area contributed by atoms with Crippen LogP contribution in [-0.2, 0) is 0 Å². The van der Waals surface area contributed by atoms with Crippen LogP contribution in [0.4, 0.5) is 11.4 Å².